The number of aromatic amines is 1. The molecule has 1 aromatic heterocycles. The minimum atomic E-state index is -1.00. The summed E-state index contributed by atoms with van der Waals surface area (Å²) in [7, 11) is 0. The van der Waals surface area contributed by atoms with Crippen LogP contribution >= 0.6 is 0 Å². The average molecular weight is 275 g/mol. The number of esters is 1. The maximum Gasteiger partial charge on any atom is 0.312 e. The van der Waals surface area contributed by atoms with E-state index in [9.17, 15) is 14.4 Å². The second-order valence-corrected chi connectivity index (χ2v) is 4.26. The summed E-state index contributed by atoms with van der Waals surface area (Å²) >= 11 is 0. The van der Waals surface area contributed by atoms with Crippen LogP contribution in [0.25, 0.3) is 10.8 Å². The molecular formula is C13H13N3O4. The highest BCUT2D eigenvalue weighted by Gasteiger charge is 2.17. The number of benzene rings is 1. The molecule has 1 heterocycles. The summed E-state index contributed by atoms with van der Waals surface area (Å²) in [5.41, 5.74) is 5.06. The molecule has 0 aliphatic heterocycles. The Balaban J connectivity index is 2.26. The molecule has 0 fully saturated rings. The number of hydrogen-bond acceptors (Lipinski definition) is 5. The minimum Gasteiger partial charge on any atom is -0.452 e. The summed E-state index contributed by atoms with van der Waals surface area (Å²) in [6.45, 7) is 1.39. The average Bonchev–Trinajstić information content (AvgIpc) is 2.42. The van der Waals surface area contributed by atoms with Crippen LogP contribution in [0.4, 0.5) is 0 Å². The van der Waals surface area contributed by atoms with Gasteiger partial charge >= 0.3 is 5.97 Å². The number of nitrogens with two attached hydrogens (primary N) is 1. The van der Waals surface area contributed by atoms with Crippen LogP contribution in [0.2, 0.25) is 0 Å². The van der Waals surface area contributed by atoms with Gasteiger partial charge in [0, 0.05) is 5.39 Å². The number of carbonyl (C=O) groups excluding carboxylic acids is 2. The van der Waals surface area contributed by atoms with E-state index < -0.39 is 18.0 Å². The first kappa shape index (κ1) is 13.7. The van der Waals surface area contributed by atoms with Gasteiger partial charge in [-0.25, -0.2) is 5.10 Å². The lowest BCUT2D eigenvalue weighted by Crippen LogP contribution is -2.31. The standard InChI is InChI=1S/C13H13N3O4/c1-7(12(14)18)20-11(17)6-10-8-4-2-3-5-9(8)13(19)16-15-10/h2-5,7H,6H2,1H3,(H2,14,18)(H,16,19). The molecule has 0 bridgehead atoms. The second kappa shape index (κ2) is 5.52. The molecule has 0 aliphatic rings. The normalized spacial score (nSPS) is 12.1. The van der Waals surface area contributed by atoms with Crippen LogP contribution in [-0.2, 0) is 20.7 Å². The number of nitrogens with one attached hydrogen (secondary N) is 1. The molecule has 1 atom stereocenters. The van der Waals surface area contributed by atoms with Crippen LogP contribution < -0.4 is 11.3 Å². The Kier molecular flexibility index (Phi) is 3.79. The zero-order valence-electron chi connectivity index (χ0n) is 10.8. The van der Waals surface area contributed by atoms with E-state index in [1.807, 2.05) is 0 Å². The lowest BCUT2D eigenvalue weighted by molar-refractivity contribution is -0.153. The monoisotopic (exact) mass is 275 g/mol. The summed E-state index contributed by atoms with van der Waals surface area (Å²) in [6.07, 6.45) is -1.16. The molecule has 0 radical (unpaired) electrons. The smallest absolute Gasteiger partial charge is 0.312 e. The topological polar surface area (TPSA) is 115 Å². The van der Waals surface area contributed by atoms with Gasteiger partial charge in [-0.15, -0.1) is 0 Å². The van der Waals surface area contributed by atoms with E-state index >= 15 is 0 Å². The van der Waals surface area contributed by atoms with E-state index in [-0.39, 0.29) is 12.0 Å². The van der Waals surface area contributed by atoms with E-state index in [0.717, 1.165) is 0 Å². The van der Waals surface area contributed by atoms with Gasteiger partial charge in [0.15, 0.2) is 6.10 Å². The van der Waals surface area contributed by atoms with Gasteiger partial charge < -0.3 is 10.5 Å². The molecule has 2 aromatic rings. The quantitative estimate of drug-likeness (QED) is 0.755. The van der Waals surface area contributed by atoms with Crippen LogP contribution in [0.1, 0.15) is 12.6 Å². The van der Waals surface area contributed by atoms with Gasteiger partial charge in [0.2, 0.25) is 0 Å². The molecule has 0 aliphatic carbocycles. The number of rotatable bonds is 4. The van der Waals surface area contributed by atoms with E-state index in [1.54, 1.807) is 24.3 Å². The van der Waals surface area contributed by atoms with Crippen LogP contribution in [0.3, 0.4) is 0 Å². The third-order valence-corrected chi connectivity index (χ3v) is 2.80. The third kappa shape index (κ3) is 2.82. The summed E-state index contributed by atoms with van der Waals surface area (Å²) in [6, 6.07) is 6.79. The number of nitrogens with zero attached hydrogens (tertiary/aromatic N) is 1. The number of fused-ring (bicyclic) bond motifs is 1. The van der Waals surface area contributed by atoms with Crippen molar-refractivity contribution in [3.8, 4) is 0 Å². The Morgan fingerprint density at radius 3 is 2.65 bits per heavy atom. The fourth-order valence-electron chi connectivity index (χ4n) is 1.74. The maximum absolute atomic E-state index is 11.7. The summed E-state index contributed by atoms with van der Waals surface area (Å²) in [5, 5.41) is 7.17. The third-order valence-electron chi connectivity index (χ3n) is 2.80. The fourth-order valence-corrected chi connectivity index (χ4v) is 1.74. The summed E-state index contributed by atoms with van der Waals surface area (Å²) < 4.78 is 4.85. The number of carbonyl (C=O) groups is 2. The van der Waals surface area contributed by atoms with Crippen molar-refractivity contribution < 1.29 is 14.3 Å². The van der Waals surface area contributed by atoms with Crippen molar-refractivity contribution in [1.82, 2.24) is 10.2 Å². The maximum atomic E-state index is 11.7. The van der Waals surface area contributed by atoms with Crippen LogP contribution in [-0.4, -0.2) is 28.2 Å². The van der Waals surface area contributed by atoms with Crippen molar-refractivity contribution in [3.63, 3.8) is 0 Å². The van der Waals surface area contributed by atoms with Crippen molar-refractivity contribution in [2.45, 2.75) is 19.4 Å². The molecule has 7 heteroatoms. The molecule has 1 aromatic carbocycles. The fraction of sp³-hybridized carbons (Fsp3) is 0.231. The van der Waals surface area contributed by atoms with Crippen molar-refractivity contribution in [2.24, 2.45) is 5.73 Å². The predicted octanol–water partition coefficient (Wildman–Crippen LogP) is -0.117. The van der Waals surface area contributed by atoms with Gasteiger partial charge in [-0.3, -0.25) is 14.4 Å². The molecule has 1 amide bonds. The molecule has 104 valence electrons. The number of amides is 1. The van der Waals surface area contributed by atoms with Crippen molar-refractivity contribution in [1.29, 1.82) is 0 Å². The van der Waals surface area contributed by atoms with Gasteiger partial charge in [0.25, 0.3) is 11.5 Å². The van der Waals surface area contributed by atoms with Crippen molar-refractivity contribution in [2.75, 3.05) is 0 Å². The Labute approximate surface area is 113 Å². The zero-order chi connectivity index (χ0) is 14.7. The van der Waals surface area contributed by atoms with Gasteiger partial charge in [-0.1, -0.05) is 18.2 Å². The first-order valence-corrected chi connectivity index (χ1v) is 5.94. The number of H-pyrrole nitrogens is 1. The summed E-state index contributed by atoms with van der Waals surface area (Å²) in [5.74, 6) is -1.36. The van der Waals surface area contributed by atoms with Gasteiger partial charge in [-0.2, -0.15) is 5.10 Å². The minimum absolute atomic E-state index is 0.158. The van der Waals surface area contributed by atoms with Crippen LogP contribution in [0, 0.1) is 0 Å². The van der Waals surface area contributed by atoms with Crippen molar-refractivity contribution >= 4 is 22.6 Å². The Bertz CT molecular complexity index is 723. The van der Waals surface area contributed by atoms with Crippen molar-refractivity contribution in [3.05, 3.63) is 40.3 Å². The summed E-state index contributed by atoms with van der Waals surface area (Å²) in [4.78, 5) is 34.1. The molecular weight excluding hydrogens is 262 g/mol. The van der Waals surface area contributed by atoms with E-state index in [2.05, 4.69) is 10.2 Å². The Morgan fingerprint density at radius 2 is 2.00 bits per heavy atom. The molecule has 0 spiro atoms. The molecule has 1 unspecified atom stereocenters. The Morgan fingerprint density at radius 1 is 1.35 bits per heavy atom. The second-order valence-electron chi connectivity index (χ2n) is 4.26. The van der Waals surface area contributed by atoms with E-state index in [4.69, 9.17) is 10.5 Å². The van der Waals surface area contributed by atoms with Crippen LogP contribution in [0.5, 0.6) is 0 Å². The molecule has 0 saturated heterocycles. The van der Waals surface area contributed by atoms with E-state index in [0.29, 0.717) is 16.5 Å². The first-order valence-electron chi connectivity index (χ1n) is 5.94. The van der Waals surface area contributed by atoms with Gasteiger partial charge in [-0.05, 0) is 13.0 Å². The number of ether oxygens (including phenoxy) is 1. The highest BCUT2D eigenvalue weighted by Crippen LogP contribution is 2.13. The van der Waals surface area contributed by atoms with Gasteiger partial charge in [0.05, 0.1) is 17.5 Å². The SMILES string of the molecule is CC(OC(=O)Cc1n[nH]c(=O)c2ccccc12)C(N)=O. The largest absolute Gasteiger partial charge is 0.452 e. The molecule has 0 saturated carbocycles. The molecule has 3 N–H and O–H groups in total. The zero-order valence-corrected chi connectivity index (χ0v) is 10.8. The number of hydrogen-bond donors (Lipinski definition) is 2. The Hall–Kier alpha value is -2.70. The highest BCUT2D eigenvalue weighted by atomic mass is 16.5. The van der Waals surface area contributed by atoms with E-state index in [1.165, 1.54) is 6.92 Å². The molecule has 7 nitrogen and oxygen atoms in total. The highest BCUT2D eigenvalue weighted by molar-refractivity contribution is 5.88. The molecule has 2 rings (SSSR count). The molecule has 20 heavy (non-hydrogen) atoms. The first-order chi connectivity index (χ1) is 9.49. The van der Waals surface area contributed by atoms with Crippen LogP contribution in [0.15, 0.2) is 29.1 Å². The number of aromatic nitrogens is 2. The predicted molar refractivity (Wildman–Crippen MR) is 70.8 cm³/mol. The number of primary amides is 1. The lowest BCUT2D eigenvalue weighted by atomic mass is 10.1. The van der Waals surface area contributed by atoms with Gasteiger partial charge in [0.1, 0.15) is 0 Å². The lowest BCUT2D eigenvalue weighted by Gasteiger charge is -2.09.